The largest absolute Gasteiger partial charge is 0.374 e. The molecular formula is C11H25NO. The Morgan fingerprint density at radius 3 is 2.08 bits per heavy atom. The van der Waals surface area contributed by atoms with Gasteiger partial charge in [0.1, 0.15) is 0 Å². The van der Waals surface area contributed by atoms with E-state index in [0.29, 0.717) is 12.0 Å². The Kier molecular flexibility index (Phi) is 4.93. The molecule has 0 saturated carbocycles. The third-order valence-corrected chi connectivity index (χ3v) is 2.72. The quantitative estimate of drug-likeness (QED) is 0.693. The van der Waals surface area contributed by atoms with Gasteiger partial charge in [0.2, 0.25) is 0 Å². The van der Waals surface area contributed by atoms with Crippen LogP contribution >= 0.6 is 0 Å². The van der Waals surface area contributed by atoms with Gasteiger partial charge in [-0.05, 0) is 25.7 Å². The molecule has 0 spiro atoms. The van der Waals surface area contributed by atoms with E-state index in [2.05, 4.69) is 20.8 Å². The lowest BCUT2D eigenvalue weighted by atomic mass is 9.87. The van der Waals surface area contributed by atoms with E-state index < -0.39 is 0 Å². The second kappa shape index (κ2) is 4.97. The molecule has 0 radical (unpaired) electrons. The molecule has 0 amide bonds. The zero-order valence-electron chi connectivity index (χ0n) is 9.81. The van der Waals surface area contributed by atoms with Crippen LogP contribution in [-0.4, -0.2) is 18.8 Å². The van der Waals surface area contributed by atoms with E-state index in [1.807, 2.05) is 13.8 Å². The van der Waals surface area contributed by atoms with Gasteiger partial charge in [0.25, 0.3) is 0 Å². The molecule has 0 unspecified atom stereocenters. The highest BCUT2D eigenvalue weighted by Gasteiger charge is 2.19. The van der Waals surface area contributed by atoms with E-state index in [9.17, 15) is 0 Å². The van der Waals surface area contributed by atoms with Crippen molar-refractivity contribution in [2.75, 3.05) is 13.2 Å². The molecule has 2 N–H and O–H groups in total. The smallest absolute Gasteiger partial charge is 0.0748 e. The van der Waals surface area contributed by atoms with Crippen LogP contribution in [0.2, 0.25) is 0 Å². The maximum atomic E-state index is 5.69. The molecule has 0 bridgehead atoms. The lowest BCUT2D eigenvalue weighted by Crippen LogP contribution is -2.35. The zero-order valence-corrected chi connectivity index (χ0v) is 9.81. The molecule has 0 aliphatic carbocycles. The van der Waals surface area contributed by atoms with Crippen molar-refractivity contribution < 1.29 is 4.74 Å². The van der Waals surface area contributed by atoms with E-state index in [1.54, 1.807) is 0 Å². The lowest BCUT2D eigenvalue weighted by Gasteiger charge is -2.27. The molecule has 0 fully saturated rings. The topological polar surface area (TPSA) is 35.2 Å². The summed E-state index contributed by atoms with van der Waals surface area (Å²) in [5.41, 5.74) is 5.79. The van der Waals surface area contributed by atoms with Gasteiger partial charge in [0.05, 0.1) is 5.60 Å². The summed E-state index contributed by atoms with van der Waals surface area (Å²) in [5, 5.41) is 0. The first-order valence-corrected chi connectivity index (χ1v) is 5.17. The van der Waals surface area contributed by atoms with Gasteiger partial charge in [-0.3, -0.25) is 0 Å². The summed E-state index contributed by atoms with van der Waals surface area (Å²) in [7, 11) is 0. The van der Waals surface area contributed by atoms with E-state index in [4.69, 9.17) is 10.5 Å². The van der Waals surface area contributed by atoms with Gasteiger partial charge >= 0.3 is 0 Å². The van der Waals surface area contributed by atoms with Gasteiger partial charge < -0.3 is 10.5 Å². The third-order valence-electron chi connectivity index (χ3n) is 2.72. The highest BCUT2D eigenvalue weighted by Crippen LogP contribution is 2.24. The standard InChI is InChI=1S/C11H25NO/c1-6-10(2,3)7-8-13-11(4,5)9-12/h6-9,12H2,1-5H3. The molecule has 0 aromatic rings. The van der Waals surface area contributed by atoms with Gasteiger partial charge in [-0.15, -0.1) is 0 Å². The number of nitrogens with two attached hydrogens (primary N) is 1. The Hall–Kier alpha value is -0.0800. The van der Waals surface area contributed by atoms with Crippen LogP contribution in [0.25, 0.3) is 0 Å². The predicted molar refractivity (Wildman–Crippen MR) is 57.8 cm³/mol. The molecule has 0 aliphatic heterocycles. The third kappa shape index (κ3) is 6.05. The van der Waals surface area contributed by atoms with Crippen LogP contribution in [0.1, 0.15) is 47.5 Å². The van der Waals surface area contributed by atoms with E-state index in [1.165, 1.54) is 6.42 Å². The number of ether oxygens (including phenoxy) is 1. The van der Waals surface area contributed by atoms with Crippen LogP contribution < -0.4 is 5.73 Å². The van der Waals surface area contributed by atoms with Crippen LogP contribution in [0.4, 0.5) is 0 Å². The van der Waals surface area contributed by atoms with Crippen LogP contribution in [0.15, 0.2) is 0 Å². The Balaban J connectivity index is 3.68. The van der Waals surface area contributed by atoms with Crippen molar-refractivity contribution in [3.63, 3.8) is 0 Å². The van der Waals surface area contributed by atoms with Crippen molar-refractivity contribution in [1.29, 1.82) is 0 Å². The lowest BCUT2D eigenvalue weighted by molar-refractivity contribution is -0.0225. The van der Waals surface area contributed by atoms with Gasteiger partial charge in [0, 0.05) is 13.2 Å². The van der Waals surface area contributed by atoms with Crippen molar-refractivity contribution >= 4 is 0 Å². The Morgan fingerprint density at radius 1 is 1.15 bits per heavy atom. The molecule has 13 heavy (non-hydrogen) atoms. The average molecular weight is 187 g/mol. The monoisotopic (exact) mass is 187 g/mol. The molecule has 2 heteroatoms. The number of rotatable bonds is 6. The zero-order chi connectivity index (χ0) is 10.5. The highest BCUT2D eigenvalue weighted by atomic mass is 16.5. The normalized spacial score (nSPS) is 13.4. The summed E-state index contributed by atoms with van der Waals surface area (Å²) in [4.78, 5) is 0. The summed E-state index contributed by atoms with van der Waals surface area (Å²) in [6, 6.07) is 0. The minimum atomic E-state index is -0.163. The fourth-order valence-corrected chi connectivity index (χ4v) is 0.839. The van der Waals surface area contributed by atoms with E-state index in [-0.39, 0.29) is 5.60 Å². The van der Waals surface area contributed by atoms with Gasteiger partial charge in [0.15, 0.2) is 0 Å². The Labute approximate surface area is 82.8 Å². The molecule has 0 aliphatic rings. The van der Waals surface area contributed by atoms with E-state index >= 15 is 0 Å². The van der Waals surface area contributed by atoms with Crippen LogP contribution in [0, 0.1) is 5.41 Å². The summed E-state index contributed by atoms with van der Waals surface area (Å²) in [5.74, 6) is 0. The predicted octanol–water partition coefficient (Wildman–Crippen LogP) is 2.57. The number of hydrogen-bond acceptors (Lipinski definition) is 2. The second-order valence-corrected chi connectivity index (χ2v) is 5.08. The summed E-state index contributed by atoms with van der Waals surface area (Å²) < 4.78 is 5.69. The Bertz CT molecular complexity index is 125. The van der Waals surface area contributed by atoms with Gasteiger partial charge in [-0.1, -0.05) is 27.2 Å². The highest BCUT2D eigenvalue weighted by molar-refractivity contribution is 4.71. The van der Waals surface area contributed by atoms with Crippen molar-refractivity contribution in [2.24, 2.45) is 11.1 Å². The summed E-state index contributed by atoms with van der Waals surface area (Å²) in [6.07, 6.45) is 2.30. The Morgan fingerprint density at radius 2 is 1.69 bits per heavy atom. The molecule has 0 heterocycles. The summed E-state index contributed by atoms with van der Waals surface area (Å²) in [6.45, 7) is 12.2. The van der Waals surface area contributed by atoms with Crippen molar-refractivity contribution in [3.8, 4) is 0 Å². The van der Waals surface area contributed by atoms with Gasteiger partial charge in [-0.25, -0.2) is 0 Å². The van der Waals surface area contributed by atoms with Crippen LogP contribution in [-0.2, 0) is 4.74 Å². The molecule has 0 aromatic carbocycles. The van der Waals surface area contributed by atoms with Crippen molar-refractivity contribution in [2.45, 2.75) is 53.1 Å². The fraction of sp³-hybridized carbons (Fsp3) is 1.00. The molecular weight excluding hydrogens is 162 g/mol. The first kappa shape index (κ1) is 12.9. The molecule has 0 rings (SSSR count). The summed E-state index contributed by atoms with van der Waals surface area (Å²) >= 11 is 0. The SMILES string of the molecule is CCC(C)(C)CCOC(C)(C)CN. The average Bonchev–Trinajstić information content (AvgIpc) is 2.04. The minimum absolute atomic E-state index is 0.163. The second-order valence-electron chi connectivity index (χ2n) is 5.08. The first-order valence-electron chi connectivity index (χ1n) is 5.17. The van der Waals surface area contributed by atoms with Crippen LogP contribution in [0.5, 0.6) is 0 Å². The first-order chi connectivity index (χ1) is 5.83. The van der Waals surface area contributed by atoms with Crippen molar-refractivity contribution in [1.82, 2.24) is 0 Å². The fourth-order valence-electron chi connectivity index (χ4n) is 0.839. The van der Waals surface area contributed by atoms with Crippen LogP contribution in [0.3, 0.4) is 0 Å². The minimum Gasteiger partial charge on any atom is -0.374 e. The van der Waals surface area contributed by atoms with Gasteiger partial charge in [-0.2, -0.15) is 0 Å². The van der Waals surface area contributed by atoms with Crippen molar-refractivity contribution in [3.05, 3.63) is 0 Å². The molecule has 80 valence electrons. The molecule has 0 saturated heterocycles. The maximum Gasteiger partial charge on any atom is 0.0748 e. The molecule has 0 atom stereocenters. The van der Waals surface area contributed by atoms with E-state index in [0.717, 1.165) is 13.0 Å². The molecule has 0 aromatic heterocycles. The molecule has 2 nitrogen and oxygen atoms in total. The number of hydrogen-bond donors (Lipinski definition) is 1. The maximum absolute atomic E-state index is 5.69.